The molecule has 0 aromatic carbocycles. The molecule has 0 radical (unpaired) electrons. The lowest BCUT2D eigenvalue weighted by Gasteiger charge is -2.25. The van der Waals surface area contributed by atoms with E-state index in [0.717, 1.165) is 19.3 Å². The Morgan fingerprint density at radius 3 is 2.67 bits per heavy atom. The summed E-state index contributed by atoms with van der Waals surface area (Å²) in [6, 6.07) is 2.80. The van der Waals surface area contributed by atoms with Gasteiger partial charge in [-0.2, -0.15) is 0 Å². The SMILES string of the molecule is O=c1[nH]cccc1S(=O)(=O)NC1CCC1. The van der Waals surface area contributed by atoms with E-state index in [4.69, 9.17) is 0 Å². The number of H-pyrrole nitrogens is 1. The molecule has 1 saturated carbocycles. The van der Waals surface area contributed by atoms with Crippen LogP contribution in [0.15, 0.2) is 28.0 Å². The first-order valence-electron chi connectivity index (χ1n) is 4.79. The van der Waals surface area contributed by atoms with Crippen molar-refractivity contribution in [2.24, 2.45) is 0 Å². The van der Waals surface area contributed by atoms with Gasteiger partial charge in [-0.1, -0.05) is 6.42 Å². The zero-order valence-electron chi connectivity index (χ0n) is 8.06. The van der Waals surface area contributed by atoms with Crippen molar-refractivity contribution in [3.63, 3.8) is 0 Å². The number of rotatable bonds is 3. The molecule has 5 nitrogen and oxygen atoms in total. The summed E-state index contributed by atoms with van der Waals surface area (Å²) in [5.41, 5.74) is -0.579. The smallest absolute Gasteiger partial charge is 0.268 e. The highest BCUT2D eigenvalue weighted by Gasteiger charge is 2.26. The van der Waals surface area contributed by atoms with E-state index in [9.17, 15) is 13.2 Å². The molecule has 0 atom stereocenters. The fourth-order valence-corrected chi connectivity index (χ4v) is 2.79. The van der Waals surface area contributed by atoms with Gasteiger partial charge in [-0.3, -0.25) is 4.79 Å². The van der Waals surface area contributed by atoms with Crippen LogP contribution in [0.2, 0.25) is 0 Å². The number of hydrogen-bond donors (Lipinski definition) is 2. The summed E-state index contributed by atoms with van der Waals surface area (Å²) in [4.78, 5) is 13.4. The van der Waals surface area contributed by atoms with Gasteiger partial charge in [-0.15, -0.1) is 0 Å². The molecule has 6 heteroatoms. The Bertz CT molecular complexity index is 502. The van der Waals surface area contributed by atoms with Crippen molar-refractivity contribution in [3.05, 3.63) is 28.7 Å². The largest absolute Gasteiger partial charge is 0.328 e. The summed E-state index contributed by atoms with van der Waals surface area (Å²) in [6.45, 7) is 0. The van der Waals surface area contributed by atoms with Gasteiger partial charge in [0.2, 0.25) is 10.0 Å². The van der Waals surface area contributed by atoms with Gasteiger partial charge in [0.25, 0.3) is 5.56 Å². The minimum Gasteiger partial charge on any atom is -0.328 e. The fraction of sp³-hybridized carbons (Fsp3) is 0.444. The monoisotopic (exact) mass is 228 g/mol. The van der Waals surface area contributed by atoms with Crippen LogP contribution in [0.5, 0.6) is 0 Å². The maximum absolute atomic E-state index is 11.7. The van der Waals surface area contributed by atoms with E-state index in [2.05, 4.69) is 9.71 Å². The highest BCUT2D eigenvalue weighted by molar-refractivity contribution is 7.89. The molecule has 0 amide bonds. The lowest BCUT2D eigenvalue weighted by Crippen LogP contribution is -2.41. The van der Waals surface area contributed by atoms with Crippen molar-refractivity contribution < 1.29 is 8.42 Å². The average Bonchev–Trinajstić information content (AvgIpc) is 2.12. The zero-order valence-corrected chi connectivity index (χ0v) is 8.88. The van der Waals surface area contributed by atoms with Crippen LogP contribution < -0.4 is 10.3 Å². The van der Waals surface area contributed by atoms with Crippen molar-refractivity contribution in [1.29, 1.82) is 0 Å². The van der Waals surface area contributed by atoms with Crippen LogP contribution in [0.1, 0.15) is 19.3 Å². The molecule has 0 bridgehead atoms. The van der Waals surface area contributed by atoms with E-state index < -0.39 is 15.6 Å². The van der Waals surface area contributed by atoms with Crippen LogP contribution in [0.25, 0.3) is 0 Å². The Morgan fingerprint density at radius 2 is 2.13 bits per heavy atom. The average molecular weight is 228 g/mol. The lowest BCUT2D eigenvalue weighted by molar-refractivity contribution is 0.383. The van der Waals surface area contributed by atoms with E-state index in [0.29, 0.717) is 0 Å². The van der Waals surface area contributed by atoms with Gasteiger partial charge < -0.3 is 4.98 Å². The number of hydrogen-bond acceptors (Lipinski definition) is 3. The van der Waals surface area contributed by atoms with Gasteiger partial charge in [0, 0.05) is 12.2 Å². The van der Waals surface area contributed by atoms with Crippen molar-refractivity contribution in [3.8, 4) is 0 Å². The highest BCUT2D eigenvalue weighted by Crippen LogP contribution is 2.19. The quantitative estimate of drug-likeness (QED) is 0.776. The Morgan fingerprint density at radius 1 is 1.40 bits per heavy atom. The summed E-state index contributed by atoms with van der Waals surface area (Å²) >= 11 is 0. The summed E-state index contributed by atoms with van der Waals surface area (Å²) in [5.74, 6) is 0. The minimum atomic E-state index is -3.64. The molecular weight excluding hydrogens is 216 g/mol. The number of aromatic amines is 1. The van der Waals surface area contributed by atoms with E-state index in [1.54, 1.807) is 0 Å². The number of pyridine rings is 1. The van der Waals surface area contributed by atoms with Gasteiger partial charge >= 0.3 is 0 Å². The predicted molar refractivity (Wildman–Crippen MR) is 55.0 cm³/mol. The molecule has 0 saturated heterocycles. The maximum atomic E-state index is 11.7. The van der Waals surface area contributed by atoms with Crippen molar-refractivity contribution in [2.45, 2.75) is 30.2 Å². The first kappa shape index (κ1) is 10.4. The van der Waals surface area contributed by atoms with Crippen LogP contribution in [0, 0.1) is 0 Å². The van der Waals surface area contributed by atoms with Crippen LogP contribution in [-0.4, -0.2) is 19.4 Å². The summed E-state index contributed by atoms with van der Waals surface area (Å²) in [6.07, 6.45) is 4.15. The molecule has 1 fully saturated rings. The third-order valence-electron chi connectivity index (χ3n) is 2.50. The molecule has 0 spiro atoms. The summed E-state index contributed by atoms with van der Waals surface area (Å²) in [7, 11) is -3.64. The van der Waals surface area contributed by atoms with Gasteiger partial charge in [0.15, 0.2) is 0 Å². The molecule has 1 aromatic heterocycles. The summed E-state index contributed by atoms with van der Waals surface area (Å²) < 4.78 is 26.0. The van der Waals surface area contributed by atoms with E-state index in [1.165, 1.54) is 18.3 Å². The van der Waals surface area contributed by atoms with Crippen LogP contribution in [0.4, 0.5) is 0 Å². The molecular formula is C9H12N2O3S. The zero-order chi connectivity index (χ0) is 10.9. The number of sulfonamides is 1. The summed E-state index contributed by atoms with van der Waals surface area (Å²) in [5, 5.41) is 0. The maximum Gasteiger partial charge on any atom is 0.268 e. The van der Waals surface area contributed by atoms with E-state index in [1.807, 2.05) is 0 Å². The third-order valence-corrected chi connectivity index (χ3v) is 4.04. The molecule has 15 heavy (non-hydrogen) atoms. The standard InChI is InChI=1S/C9H12N2O3S/c12-9-8(5-2-6-10-9)15(13,14)11-7-3-1-4-7/h2,5-7,11H,1,3-4H2,(H,10,12). The second-order valence-electron chi connectivity index (χ2n) is 3.61. The van der Waals surface area contributed by atoms with Crippen LogP contribution >= 0.6 is 0 Å². The third kappa shape index (κ3) is 2.10. The molecule has 2 rings (SSSR count). The second-order valence-corrected chi connectivity index (χ2v) is 5.30. The first-order chi connectivity index (χ1) is 7.09. The van der Waals surface area contributed by atoms with Gasteiger partial charge in [0.1, 0.15) is 4.90 Å². The fourth-order valence-electron chi connectivity index (χ4n) is 1.43. The molecule has 2 N–H and O–H groups in total. The molecule has 1 aliphatic rings. The molecule has 1 aliphatic carbocycles. The second kappa shape index (κ2) is 3.79. The Balaban J connectivity index is 2.29. The van der Waals surface area contributed by atoms with E-state index in [-0.39, 0.29) is 10.9 Å². The molecule has 1 aromatic rings. The van der Waals surface area contributed by atoms with E-state index >= 15 is 0 Å². The Labute approximate surface area is 87.6 Å². The molecule has 0 unspecified atom stereocenters. The topological polar surface area (TPSA) is 79.0 Å². The molecule has 0 aliphatic heterocycles. The number of aromatic nitrogens is 1. The normalized spacial score (nSPS) is 17.3. The Hall–Kier alpha value is -1.14. The molecule has 82 valence electrons. The van der Waals surface area contributed by atoms with Gasteiger partial charge in [-0.05, 0) is 25.0 Å². The first-order valence-corrected chi connectivity index (χ1v) is 6.28. The lowest BCUT2D eigenvalue weighted by atomic mass is 9.94. The van der Waals surface area contributed by atoms with Crippen molar-refractivity contribution in [1.82, 2.24) is 9.71 Å². The van der Waals surface area contributed by atoms with Gasteiger partial charge in [-0.25, -0.2) is 13.1 Å². The predicted octanol–water partition coefficient (Wildman–Crippen LogP) is 0.206. The number of nitrogens with one attached hydrogen (secondary N) is 2. The van der Waals surface area contributed by atoms with Crippen LogP contribution in [-0.2, 0) is 10.0 Å². The Kier molecular flexibility index (Phi) is 2.62. The highest BCUT2D eigenvalue weighted by atomic mass is 32.2. The minimum absolute atomic E-state index is 0.00499. The van der Waals surface area contributed by atoms with Crippen LogP contribution in [0.3, 0.4) is 0 Å². The van der Waals surface area contributed by atoms with Gasteiger partial charge in [0.05, 0.1) is 0 Å². The van der Waals surface area contributed by atoms with Crippen molar-refractivity contribution in [2.75, 3.05) is 0 Å². The molecule has 1 heterocycles. The van der Waals surface area contributed by atoms with Crippen molar-refractivity contribution >= 4 is 10.0 Å².